The molecule has 1 unspecified atom stereocenters. The molecular formula is C17H20N4O. The highest BCUT2D eigenvalue weighted by atomic mass is 16.1. The van der Waals surface area contributed by atoms with Gasteiger partial charge in [-0.25, -0.2) is 9.97 Å². The SMILES string of the molecule is CC(C)NC(=O)c1cnc(N2c3ccccc3CC2C)nc1. The fraction of sp³-hybridized carbons (Fsp3) is 0.353. The molecule has 1 amide bonds. The largest absolute Gasteiger partial charge is 0.350 e. The highest BCUT2D eigenvalue weighted by Crippen LogP contribution is 2.35. The molecule has 1 aliphatic rings. The topological polar surface area (TPSA) is 58.1 Å². The van der Waals surface area contributed by atoms with E-state index in [1.54, 1.807) is 12.4 Å². The smallest absolute Gasteiger partial charge is 0.254 e. The molecule has 3 rings (SSSR count). The van der Waals surface area contributed by atoms with Crippen molar-refractivity contribution in [3.8, 4) is 0 Å². The van der Waals surface area contributed by atoms with Gasteiger partial charge in [0, 0.05) is 30.2 Å². The first-order chi connectivity index (χ1) is 10.6. The molecule has 2 aromatic rings. The van der Waals surface area contributed by atoms with Crippen LogP contribution in [0.25, 0.3) is 0 Å². The lowest BCUT2D eigenvalue weighted by Crippen LogP contribution is -2.30. The molecule has 2 heterocycles. The molecule has 22 heavy (non-hydrogen) atoms. The molecule has 1 N–H and O–H groups in total. The summed E-state index contributed by atoms with van der Waals surface area (Å²) in [6, 6.07) is 8.70. The number of nitrogens with zero attached hydrogens (tertiary/aromatic N) is 3. The normalized spacial score (nSPS) is 16.7. The molecule has 0 bridgehead atoms. The quantitative estimate of drug-likeness (QED) is 0.946. The Hall–Kier alpha value is -2.43. The van der Waals surface area contributed by atoms with Crippen LogP contribution in [0.1, 0.15) is 36.7 Å². The summed E-state index contributed by atoms with van der Waals surface area (Å²) >= 11 is 0. The molecule has 1 atom stereocenters. The van der Waals surface area contributed by atoms with E-state index >= 15 is 0 Å². The number of carbonyl (C=O) groups is 1. The van der Waals surface area contributed by atoms with E-state index in [2.05, 4.69) is 45.3 Å². The van der Waals surface area contributed by atoms with Crippen molar-refractivity contribution in [2.45, 2.75) is 39.3 Å². The maximum atomic E-state index is 11.9. The third-order valence-electron chi connectivity index (χ3n) is 3.74. The minimum atomic E-state index is -0.142. The summed E-state index contributed by atoms with van der Waals surface area (Å²) in [5.74, 6) is 0.495. The Bertz CT molecular complexity index is 681. The zero-order chi connectivity index (χ0) is 15.7. The maximum absolute atomic E-state index is 11.9. The van der Waals surface area contributed by atoms with Gasteiger partial charge in [-0.1, -0.05) is 18.2 Å². The number of aromatic nitrogens is 2. The predicted molar refractivity (Wildman–Crippen MR) is 86.4 cm³/mol. The Balaban J connectivity index is 1.86. The van der Waals surface area contributed by atoms with Gasteiger partial charge in [-0.2, -0.15) is 0 Å². The lowest BCUT2D eigenvalue weighted by atomic mass is 10.1. The van der Waals surface area contributed by atoms with Gasteiger partial charge in [0.2, 0.25) is 5.95 Å². The van der Waals surface area contributed by atoms with Crippen LogP contribution in [0.3, 0.4) is 0 Å². The van der Waals surface area contributed by atoms with Crippen LogP contribution in [-0.4, -0.2) is 28.0 Å². The van der Waals surface area contributed by atoms with Gasteiger partial charge in [0.05, 0.1) is 5.56 Å². The molecule has 114 valence electrons. The Morgan fingerprint density at radius 1 is 1.27 bits per heavy atom. The lowest BCUT2D eigenvalue weighted by Gasteiger charge is -2.22. The fourth-order valence-electron chi connectivity index (χ4n) is 2.78. The van der Waals surface area contributed by atoms with E-state index in [1.807, 2.05) is 19.9 Å². The van der Waals surface area contributed by atoms with Crippen molar-refractivity contribution in [3.63, 3.8) is 0 Å². The number of anilines is 2. The predicted octanol–water partition coefficient (Wildman–Crippen LogP) is 2.70. The number of fused-ring (bicyclic) bond motifs is 1. The van der Waals surface area contributed by atoms with Crippen LogP contribution < -0.4 is 10.2 Å². The summed E-state index contributed by atoms with van der Waals surface area (Å²) in [5, 5.41) is 2.84. The van der Waals surface area contributed by atoms with Gasteiger partial charge in [0.25, 0.3) is 5.91 Å². The lowest BCUT2D eigenvalue weighted by molar-refractivity contribution is 0.0942. The number of hydrogen-bond donors (Lipinski definition) is 1. The summed E-state index contributed by atoms with van der Waals surface area (Å²) in [4.78, 5) is 22.9. The van der Waals surface area contributed by atoms with E-state index in [9.17, 15) is 4.79 Å². The summed E-state index contributed by atoms with van der Waals surface area (Å²) in [6.07, 6.45) is 4.16. The molecule has 0 saturated carbocycles. The monoisotopic (exact) mass is 296 g/mol. The van der Waals surface area contributed by atoms with Crippen molar-refractivity contribution in [1.29, 1.82) is 0 Å². The molecule has 5 heteroatoms. The second-order valence-electron chi connectivity index (χ2n) is 5.95. The Kier molecular flexibility index (Phi) is 3.79. The van der Waals surface area contributed by atoms with E-state index in [1.165, 1.54) is 5.56 Å². The van der Waals surface area contributed by atoms with Gasteiger partial charge in [-0.3, -0.25) is 4.79 Å². The summed E-state index contributed by atoms with van der Waals surface area (Å²) in [6.45, 7) is 6.01. The van der Waals surface area contributed by atoms with Crippen LogP contribution >= 0.6 is 0 Å². The van der Waals surface area contributed by atoms with Crippen LogP contribution in [0.2, 0.25) is 0 Å². The van der Waals surface area contributed by atoms with E-state index in [-0.39, 0.29) is 11.9 Å². The molecule has 0 aliphatic carbocycles. The third-order valence-corrected chi connectivity index (χ3v) is 3.74. The maximum Gasteiger partial charge on any atom is 0.254 e. The highest BCUT2D eigenvalue weighted by Gasteiger charge is 2.28. The van der Waals surface area contributed by atoms with Gasteiger partial charge in [0.15, 0.2) is 0 Å². The molecule has 0 saturated heterocycles. The first kappa shape index (κ1) is 14.5. The van der Waals surface area contributed by atoms with Crippen molar-refractivity contribution in [3.05, 3.63) is 47.8 Å². The molecule has 1 aromatic carbocycles. The number of hydrogen-bond acceptors (Lipinski definition) is 4. The van der Waals surface area contributed by atoms with E-state index in [0.29, 0.717) is 17.6 Å². The van der Waals surface area contributed by atoms with Gasteiger partial charge in [-0.15, -0.1) is 0 Å². The Morgan fingerprint density at radius 3 is 2.64 bits per heavy atom. The zero-order valence-corrected chi connectivity index (χ0v) is 13.1. The molecule has 0 fully saturated rings. The van der Waals surface area contributed by atoms with Crippen molar-refractivity contribution < 1.29 is 4.79 Å². The van der Waals surface area contributed by atoms with Crippen LogP contribution in [0.4, 0.5) is 11.6 Å². The molecule has 5 nitrogen and oxygen atoms in total. The summed E-state index contributed by atoms with van der Waals surface area (Å²) < 4.78 is 0. The summed E-state index contributed by atoms with van der Waals surface area (Å²) in [5.41, 5.74) is 2.94. The fourth-order valence-corrected chi connectivity index (χ4v) is 2.78. The second-order valence-corrected chi connectivity index (χ2v) is 5.95. The molecule has 0 spiro atoms. The Morgan fingerprint density at radius 2 is 1.95 bits per heavy atom. The molecule has 1 aromatic heterocycles. The van der Waals surface area contributed by atoms with Gasteiger partial charge in [0.1, 0.15) is 0 Å². The average Bonchev–Trinajstić information content (AvgIpc) is 2.82. The standard InChI is InChI=1S/C17H20N4O/c1-11(2)20-16(22)14-9-18-17(19-10-14)21-12(3)8-13-6-4-5-7-15(13)21/h4-7,9-12H,8H2,1-3H3,(H,20,22). The van der Waals surface area contributed by atoms with Crippen LogP contribution in [0.15, 0.2) is 36.7 Å². The van der Waals surface area contributed by atoms with Gasteiger partial charge < -0.3 is 10.2 Å². The van der Waals surface area contributed by atoms with Gasteiger partial charge in [-0.05, 0) is 38.8 Å². The highest BCUT2D eigenvalue weighted by molar-refractivity contribution is 5.93. The van der Waals surface area contributed by atoms with Crippen molar-refractivity contribution in [1.82, 2.24) is 15.3 Å². The minimum absolute atomic E-state index is 0.0951. The van der Waals surface area contributed by atoms with Crippen molar-refractivity contribution in [2.75, 3.05) is 4.90 Å². The number of benzene rings is 1. The third kappa shape index (κ3) is 2.66. The molecule has 1 aliphatic heterocycles. The number of nitrogens with one attached hydrogen (secondary N) is 1. The van der Waals surface area contributed by atoms with Crippen LogP contribution in [0.5, 0.6) is 0 Å². The average molecular weight is 296 g/mol. The first-order valence-electron chi connectivity index (χ1n) is 7.56. The van der Waals surface area contributed by atoms with Crippen LogP contribution in [0, 0.1) is 0 Å². The number of carbonyl (C=O) groups excluding carboxylic acids is 1. The van der Waals surface area contributed by atoms with Crippen LogP contribution in [-0.2, 0) is 6.42 Å². The molecule has 0 radical (unpaired) electrons. The van der Waals surface area contributed by atoms with Crippen molar-refractivity contribution >= 4 is 17.5 Å². The van der Waals surface area contributed by atoms with E-state index < -0.39 is 0 Å². The second kappa shape index (κ2) is 5.75. The number of amides is 1. The van der Waals surface area contributed by atoms with Crippen molar-refractivity contribution in [2.24, 2.45) is 0 Å². The van der Waals surface area contributed by atoms with E-state index in [0.717, 1.165) is 12.1 Å². The number of para-hydroxylation sites is 1. The summed E-state index contributed by atoms with van der Waals surface area (Å²) in [7, 11) is 0. The minimum Gasteiger partial charge on any atom is -0.350 e. The number of rotatable bonds is 3. The van der Waals surface area contributed by atoms with Gasteiger partial charge >= 0.3 is 0 Å². The zero-order valence-electron chi connectivity index (χ0n) is 13.1. The first-order valence-corrected chi connectivity index (χ1v) is 7.56. The molecular weight excluding hydrogens is 276 g/mol. The Labute approximate surface area is 130 Å². The van der Waals surface area contributed by atoms with E-state index in [4.69, 9.17) is 0 Å².